The number of likely N-dealkylation sites (N-methyl/N-ethyl adjacent to an activating group) is 1. The lowest BCUT2D eigenvalue weighted by atomic mass is 9.95. The largest absolute Gasteiger partial charge is 0.433 e. The van der Waals surface area contributed by atoms with Crippen molar-refractivity contribution in [3.8, 4) is 11.3 Å². The third kappa shape index (κ3) is 4.53. The quantitative estimate of drug-likeness (QED) is 0.496. The Kier molecular flexibility index (Phi) is 6.29. The zero-order chi connectivity index (χ0) is 27.9. The van der Waals surface area contributed by atoms with Gasteiger partial charge in [-0.25, -0.2) is 4.98 Å². The SMILES string of the molecule is Cc1cc(C(F)(F)F)nc(-c2ccnc3cc(CN4C(=O)C5C(C4O)C5(C)C)sc23)c1C[C@H]1CN(C)CCO1. The van der Waals surface area contributed by atoms with Gasteiger partial charge in [0.1, 0.15) is 11.9 Å². The predicted octanol–water partition coefficient (Wildman–Crippen LogP) is 4.49. The van der Waals surface area contributed by atoms with Gasteiger partial charge < -0.3 is 19.6 Å². The van der Waals surface area contributed by atoms with Crippen LogP contribution in [0.5, 0.6) is 0 Å². The second-order valence-corrected chi connectivity index (χ2v) is 12.7. The summed E-state index contributed by atoms with van der Waals surface area (Å²) in [5.74, 6) is -0.302. The minimum absolute atomic E-state index is 0.0574. The molecule has 7 nitrogen and oxygen atoms in total. The Morgan fingerprint density at radius 2 is 2.05 bits per heavy atom. The predicted molar refractivity (Wildman–Crippen MR) is 141 cm³/mol. The topological polar surface area (TPSA) is 78.8 Å². The third-order valence-electron chi connectivity index (χ3n) is 8.56. The third-order valence-corrected chi connectivity index (χ3v) is 9.70. The van der Waals surface area contributed by atoms with E-state index in [1.54, 1.807) is 19.2 Å². The van der Waals surface area contributed by atoms with Gasteiger partial charge in [-0.15, -0.1) is 11.3 Å². The summed E-state index contributed by atoms with van der Waals surface area (Å²) in [4.78, 5) is 26.0. The van der Waals surface area contributed by atoms with Crippen molar-refractivity contribution < 1.29 is 27.8 Å². The maximum Gasteiger partial charge on any atom is 0.433 e. The summed E-state index contributed by atoms with van der Waals surface area (Å²) in [6, 6.07) is 4.66. The van der Waals surface area contributed by atoms with E-state index in [2.05, 4.69) is 14.9 Å². The highest BCUT2D eigenvalue weighted by atomic mass is 32.1. The van der Waals surface area contributed by atoms with Crippen LogP contribution in [0.2, 0.25) is 0 Å². The molecule has 6 rings (SSSR count). The smallest absolute Gasteiger partial charge is 0.375 e. The van der Waals surface area contributed by atoms with E-state index in [1.165, 1.54) is 16.2 Å². The Morgan fingerprint density at radius 3 is 2.72 bits per heavy atom. The van der Waals surface area contributed by atoms with Gasteiger partial charge in [0.15, 0.2) is 0 Å². The van der Waals surface area contributed by atoms with E-state index in [9.17, 15) is 23.1 Å². The molecule has 0 radical (unpaired) electrons. The monoisotopic (exact) mass is 560 g/mol. The van der Waals surface area contributed by atoms with E-state index in [0.717, 1.165) is 23.1 Å². The number of carbonyl (C=O) groups is 1. The highest BCUT2D eigenvalue weighted by molar-refractivity contribution is 7.19. The highest BCUT2D eigenvalue weighted by Crippen LogP contribution is 2.65. The average molecular weight is 561 g/mol. The molecule has 3 fully saturated rings. The van der Waals surface area contributed by atoms with Crippen LogP contribution >= 0.6 is 11.3 Å². The summed E-state index contributed by atoms with van der Waals surface area (Å²) < 4.78 is 48.2. The van der Waals surface area contributed by atoms with E-state index in [1.807, 2.05) is 27.0 Å². The summed E-state index contributed by atoms with van der Waals surface area (Å²) in [5.41, 5.74) is 1.58. The van der Waals surface area contributed by atoms with Crippen LogP contribution in [0.25, 0.3) is 21.5 Å². The summed E-state index contributed by atoms with van der Waals surface area (Å²) >= 11 is 1.37. The molecule has 11 heteroatoms. The van der Waals surface area contributed by atoms with Gasteiger partial charge in [0.25, 0.3) is 0 Å². The van der Waals surface area contributed by atoms with Crippen molar-refractivity contribution in [3.05, 3.63) is 46.1 Å². The number of piperidine rings is 1. The number of aryl methyl sites for hydroxylation is 1. The van der Waals surface area contributed by atoms with Crippen molar-refractivity contribution >= 4 is 27.5 Å². The van der Waals surface area contributed by atoms with E-state index in [4.69, 9.17) is 4.74 Å². The zero-order valence-corrected chi connectivity index (χ0v) is 23.1. The lowest BCUT2D eigenvalue weighted by Gasteiger charge is -2.31. The van der Waals surface area contributed by atoms with Crippen LogP contribution in [0.15, 0.2) is 24.4 Å². The van der Waals surface area contributed by atoms with Gasteiger partial charge in [0.05, 0.1) is 41.1 Å². The number of hydrogen-bond acceptors (Lipinski definition) is 7. The van der Waals surface area contributed by atoms with Crippen LogP contribution in [0.3, 0.4) is 0 Å². The molecule has 1 amide bonds. The van der Waals surface area contributed by atoms with Gasteiger partial charge in [-0.1, -0.05) is 13.8 Å². The van der Waals surface area contributed by atoms with Crippen LogP contribution in [-0.4, -0.2) is 69.9 Å². The number of carbonyl (C=O) groups excluding carboxylic acids is 1. The Bertz CT molecular complexity index is 1460. The van der Waals surface area contributed by atoms with Crippen molar-refractivity contribution in [1.29, 1.82) is 0 Å². The zero-order valence-electron chi connectivity index (χ0n) is 22.2. The standard InChI is InChI=1S/C28H31F3N4O3S/c1-14-9-20(28(29,30)31)33-23(18(14)10-15-12-34(4)7-8-38-15)17-5-6-32-19-11-16(39-24(17)19)13-35-25(36)21-22(26(35)37)27(21,2)3/h5-6,9,11,15,21-22,25,36H,7-8,10,12-13H2,1-4H3/t15-,21?,22?,25?/m0/s1. The van der Waals surface area contributed by atoms with E-state index >= 15 is 0 Å². The molecule has 3 aromatic rings. The Hall–Kier alpha value is -2.60. The maximum atomic E-state index is 13.8. The number of morpholine rings is 1. The van der Waals surface area contributed by atoms with Gasteiger partial charge in [0.2, 0.25) is 5.91 Å². The molecular formula is C28H31F3N4O3S. The molecule has 1 aliphatic carbocycles. The lowest BCUT2D eigenvalue weighted by Crippen LogP contribution is -2.41. The van der Waals surface area contributed by atoms with E-state index in [-0.39, 0.29) is 41.5 Å². The van der Waals surface area contributed by atoms with Crippen molar-refractivity contribution in [1.82, 2.24) is 19.8 Å². The van der Waals surface area contributed by atoms with Crippen molar-refractivity contribution in [2.75, 3.05) is 26.7 Å². The second kappa shape index (κ2) is 9.22. The number of alkyl halides is 3. The first kappa shape index (κ1) is 26.6. The fraction of sp³-hybridized carbons (Fsp3) is 0.536. The molecule has 5 heterocycles. The minimum Gasteiger partial charge on any atom is -0.375 e. The van der Waals surface area contributed by atoms with Crippen molar-refractivity contribution in [2.24, 2.45) is 17.3 Å². The van der Waals surface area contributed by atoms with Crippen LogP contribution < -0.4 is 0 Å². The van der Waals surface area contributed by atoms with E-state index in [0.29, 0.717) is 40.9 Å². The molecule has 2 saturated heterocycles. The number of fused-ring (bicyclic) bond motifs is 2. The number of likely N-dealkylation sites (tertiary alicyclic amines) is 1. The van der Waals surface area contributed by atoms with Crippen LogP contribution in [0.4, 0.5) is 13.2 Å². The summed E-state index contributed by atoms with van der Waals surface area (Å²) in [6.45, 7) is 7.96. The number of nitrogens with zero attached hydrogens (tertiary/aromatic N) is 4. The number of aromatic nitrogens is 2. The first-order valence-corrected chi connectivity index (χ1v) is 13.9. The number of aliphatic hydroxyl groups is 1. The number of aliphatic hydroxyl groups excluding tert-OH is 1. The number of ether oxygens (including phenoxy) is 1. The number of hydrogen-bond donors (Lipinski definition) is 1. The molecule has 0 bridgehead atoms. The Balaban J connectivity index is 1.39. The fourth-order valence-electron chi connectivity index (χ4n) is 6.34. The molecular weight excluding hydrogens is 529 g/mol. The van der Waals surface area contributed by atoms with Crippen LogP contribution in [-0.2, 0) is 28.7 Å². The Labute approximate surface area is 228 Å². The van der Waals surface area contributed by atoms with Crippen LogP contribution in [0, 0.1) is 24.2 Å². The molecule has 3 unspecified atom stereocenters. The molecule has 1 N–H and O–H groups in total. The molecule has 1 saturated carbocycles. The number of thiophene rings is 1. The van der Waals surface area contributed by atoms with E-state index < -0.39 is 18.1 Å². The number of pyridine rings is 2. The summed E-state index contributed by atoms with van der Waals surface area (Å²) in [7, 11) is 2.00. The van der Waals surface area contributed by atoms with Gasteiger partial charge in [-0.3, -0.25) is 9.78 Å². The van der Waals surface area contributed by atoms with Gasteiger partial charge in [0, 0.05) is 42.1 Å². The normalized spacial score (nSPS) is 26.9. The highest BCUT2D eigenvalue weighted by Gasteiger charge is 2.71. The molecule has 208 valence electrons. The first-order valence-electron chi connectivity index (χ1n) is 13.1. The molecule has 4 atom stereocenters. The number of rotatable bonds is 5. The summed E-state index contributed by atoms with van der Waals surface area (Å²) in [5, 5.41) is 10.8. The molecule has 3 aromatic heterocycles. The van der Waals surface area contributed by atoms with Crippen LogP contribution in [0.1, 0.15) is 35.5 Å². The molecule has 0 spiro atoms. The molecule has 39 heavy (non-hydrogen) atoms. The summed E-state index contributed by atoms with van der Waals surface area (Å²) in [6.07, 6.45) is -3.58. The van der Waals surface area contributed by atoms with Gasteiger partial charge in [-0.2, -0.15) is 13.2 Å². The van der Waals surface area contributed by atoms with Crippen molar-refractivity contribution in [2.45, 2.75) is 52.2 Å². The van der Waals surface area contributed by atoms with Gasteiger partial charge in [-0.05, 0) is 48.7 Å². The lowest BCUT2D eigenvalue weighted by molar-refractivity contribution is -0.141. The van der Waals surface area contributed by atoms with Crippen molar-refractivity contribution in [3.63, 3.8) is 0 Å². The number of amides is 1. The molecule has 3 aliphatic rings. The number of halogens is 3. The minimum atomic E-state index is -4.59. The maximum absolute atomic E-state index is 13.8. The fourth-order valence-corrected chi connectivity index (χ4v) is 7.47. The average Bonchev–Trinajstić information content (AvgIpc) is 3.09. The Morgan fingerprint density at radius 1 is 1.28 bits per heavy atom. The molecule has 0 aromatic carbocycles. The molecule has 2 aliphatic heterocycles. The van der Waals surface area contributed by atoms with Gasteiger partial charge >= 0.3 is 6.18 Å². The second-order valence-electron chi connectivity index (χ2n) is 11.6. The first-order chi connectivity index (χ1) is 18.4.